The number of nitrogens with zero attached hydrogens (tertiary/aromatic N) is 1. The smallest absolute Gasteiger partial charge is 0.329 e. The van der Waals surface area contributed by atoms with E-state index in [1.54, 1.807) is 42.5 Å². The number of anilines is 1. The van der Waals surface area contributed by atoms with Crippen LogP contribution in [0, 0.1) is 6.92 Å². The lowest BCUT2D eigenvalue weighted by molar-refractivity contribution is -0.136. The minimum atomic E-state index is -0.842. The van der Waals surface area contributed by atoms with Crippen molar-refractivity contribution in [3.8, 4) is 5.75 Å². The molecule has 2 aromatic rings. The fourth-order valence-electron chi connectivity index (χ4n) is 1.91. The highest BCUT2D eigenvalue weighted by Gasteiger charge is 2.13. The molecule has 0 fully saturated rings. The molecule has 0 aliphatic rings. The molecule has 0 bridgehead atoms. The van der Waals surface area contributed by atoms with Crippen molar-refractivity contribution in [2.24, 2.45) is 5.10 Å². The summed E-state index contributed by atoms with van der Waals surface area (Å²) < 4.78 is 5.37. The molecule has 0 atom stereocenters. The average Bonchev–Trinajstić information content (AvgIpc) is 2.62. The second kappa shape index (κ2) is 9.02. The van der Waals surface area contributed by atoms with E-state index in [1.165, 1.54) is 6.21 Å². The van der Waals surface area contributed by atoms with E-state index in [0.717, 1.165) is 11.1 Å². The SMILES string of the molecule is C=CCOc1ccc(/C=N/NC(=O)C(=O)Nc2ccccc2C)cc1. The number of hydrogen-bond acceptors (Lipinski definition) is 4. The van der Waals surface area contributed by atoms with E-state index in [1.807, 2.05) is 19.1 Å². The number of amides is 2. The first-order valence-corrected chi connectivity index (χ1v) is 7.64. The van der Waals surface area contributed by atoms with Crippen LogP contribution in [0.3, 0.4) is 0 Å². The van der Waals surface area contributed by atoms with Crippen molar-refractivity contribution in [2.45, 2.75) is 6.92 Å². The van der Waals surface area contributed by atoms with Gasteiger partial charge in [0.25, 0.3) is 0 Å². The van der Waals surface area contributed by atoms with Gasteiger partial charge in [-0.1, -0.05) is 30.9 Å². The van der Waals surface area contributed by atoms with Gasteiger partial charge in [0.2, 0.25) is 0 Å². The van der Waals surface area contributed by atoms with E-state index >= 15 is 0 Å². The normalized spacial score (nSPS) is 10.3. The minimum Gasteiger partial charge on any atom is -0.490 e. The Hall–Kier alpha value is -3.41. The molecule has 0 aromatic heterocycles. The van der Waals surface area contributed by atoms with E-state index in [4.69, 9.17) is 4.74 Å². The fourth-order valence-corrected chi connectivity index (χ4v) is 1.91. The summed E-state index contributed by atoms with van der Waals surface area (Å²) in [6.45, 7) is 5.85. The maximum absolute atomic E-state index is 11.8. The van der Waals surface area contributed by atoms with Crippen LogP contribution in [0.4, 0.5) is 5.69 Å². The van der Waals surface area contributed by atoms with Gasteiger partial charge in [-0.25, -0.2) is 5.43 Å². The monoisotopic (exact) mass is 337 g/mol. The van der Waals surface area contributed by atoms with Gasteiger partial charge in [-0.15, -0.1) is 0 Å². The van der Waals surface area contributed by atoms with Crippen molar-refractivity contribution in [1.82, 2.24) is 5.43 Å². The molecule has 128 valence electrons. The third kappa shape index (κ3) is 5.62. The van der Waals surface area contributed by atoms with Gasteiger partial charge < -0.3 is 10.1 Å². The largest absolute Gasteiger partial charge is 0.490 e. The number of carbonyl (C=O) groups is 2. The molecule has 0 aliphatic heterocycles. The molecule has 2 N–H and O–H groups in total. The predicted octanol–water partition coefficient (Wildman–Crippen LogP) is 2.65. The highest BCUT2D eigenvalue weighted by atomic mass is 16.5. The van der Waals surface area contributed by atoms with Gasteiger partial charge in [-0.05, 0) is 48.4 Å². The number of rotatable bonds is 6. The molecule has 25 heavy (non-hydrogen) atoms. The molecule has 0 aliphatic carbocycles. The Bertz CT molecular complexity index is 783. The van der Waals surface area contributed by atoms with Crippen LogP contribution in [0.15, 0.2) is 66.3 Å². The second-order valence-electron chi connectivity index (χ2n) is 5.14. The van der Waals surface area contributed by atoms with Crippen LogP contribution < -0.4 is 15.5 Å². The minimum absolute atomic E-state index is 0.430. The Morgan fingerprint density at radius 1 is 1.12 bits per heavy atom. The number of para-hydroxylation sites is 1. The van der Waals surface area contributed by atoms with Crippen LogP contribution in [0.1, 0.15) is 11.1 Å². The molecule has 2 amide bonds. The molecule has 6 nitrogen and oxygen atoms in total. The van der Waals surface area contributed by atoms with Gasteiger partial charge >= 0.3 is 11.8 Å². The summed E-state index contributed by atoms with van der Waals surface area (Å²) in [5.74, 6) is -0.913. The van der Waals surface area contributed by atoms with Crippen LogP contribution in [-0.2, 0) is 9.59 Å². The molecule has 2 aromatic carbocycles. The predicted molar refractivity (Wildman–Crippen MR) is 97.7 cm³/mol. The maximum Gasteiger partial charge on any atom is 0.329 e. The maximum atomic E-state index is 11.8. The lowest BCUT2D eigenvalue weighted by Crippen LogP contribution is -2.32. The molecule has 0 unspecified atom stereocenters. The lowest BCUT2D eigenvalue weighted by atomic mass is 10.2. The third-order valence-corrected chi connectivity index (χ3v) is 3.23. The van der Waals surface area contributed by atoms with Gasteiger partial charge in [-0.2, -0.15) is 5.10 Å². The first-order chi connectivity index (χ1) is 12.1. The zero-order chi connectivity index (χ0) is 18.1. The Morgan fingerprint density at radius 2 is 1.84 bits per heavy atom. The zero-order valence-corrected chi connectivity index (χ0v) is 13.9. The number of hydrogen-bond donors (Lipinski definition) is 2. The van der Waals surface area contributed by atoms with E-state index in [2.05, 4.69) is 22.4 Å². The Labute approximate surface area is 146 Å². The van der Waals surface area contributed by atoms with Crippen molar-refractivity contribution in [1.29, 1.82) is 0 Å². The summed E-state index contributed by atoms with van der Waals surface area (Å²) in [4.78, 5) is 23.6. The fraction of sp³-hybridized carbons (Fsp3) is 0.105. The first-order valence-electron chi connectivity index (χ1n) is 7.64. The summed E-state index contributed by atoms with van der Waals surface area (Å²) in [5, 5.41) is 6.31. The summed E-state index contributed by atoms with van der Waals surface area (Å²) in [5.41, 5.74) is 4.40. The molecule has 6 heteroatoms. The van der Waals surface area contributed by atoms with Gasteiger partial charge in [0.05, 0.1) is 6.21 Å². The summed E-state index contributed by atoms with van der Waals surface area (Å²) in [6.07, 6.45) is 3.10. The highest BCUT2D eigenvalue weighted by Crippen LogP contribution is 2.13. The van der Waals surface area contributed by atoms with Gasteiger partial charge in [-0.3, -0.25) is 9.59 Å². The Kier molecular flexibility index (Phi) is 6.47. The van der Waals surface area contributed by atoms with Gasteiger partial charge in [0.15, 0.2) is 0 Å². The first kappa shape index (κ1) is 17.9. The second-order valence-corrected chi connectivity index (χ2v) is 5.14. The molecule has 2 rings (SSSR count). The number of aryl methyl sites for hydroxylation is 1. The third-order valence-electron chi connectivity index (χ3n) is 3.23. The van der Waals surface area contributed by atoms with Crippen LogP contribution in [-0.4, -0.2) is 24.6 Å². The Balaban J connectivity index is 1.86. The average molecular weight is 337 g/mol. The molecular formula is C19H19N3O3. The summed E-state index contributed by atoms with van der Waals surface area (Å²) in [7, 11) is 0. The number of hydrazone groups is 1. The quantitative estimate of drug-likeness (QED) is 0.368. The Morgan fingerprint density at radius 3 is 2.52 bits per heavy atom. The lowest BCUT2D eigenvalue weighted by Gasteiger charge is -2.06. The molecule has 0 heterocycles. The number of benzene rings is 2. The van der Waals surface area contributed by atoms with Crippen molar-refractivity contribution in [2.75, 3.05) is 11.9 Å². The standard InChI is InChI=1S/C19H19N3O3/c1-3-12-25-16-10-8-15(9-11-16)13-20-22-19(24)18(23)21-17-7-5-4-6-14(17)2/h3-11,13H,1,12H2,2H3,(H,21,23)(H,22,24)/b20-13+. The van der Waals surface area contributed by atoms with Crippen molar-refractivity contribution >= 4 is 23.7 Å². The summed E-state index contributed by atoms with van der Waals surface area (Å²) in [6, 6.07) is 14.3. The molecule has 0 radical (unpaired) electrons. The van der Waals surface area contributed by atoms with Crippen molar-refractivity contribution in [3.63, 3.8) is 0 Å². The van der Waals surface area contributed by atoms with E-state index in [9.17, 15) is 9.59 Å². The van der Waals surface area contributed by atoms with Crippen molar-refractivity contribution in [3.05, 3.63) is 72.3 Å². The zero-order valence-electron chi connectivity index (χ0n) is 13.9. The van der Waals surface area contributed by atoms with Gasteiger partial charge in [0, 0.05) is 5.69 Å². The van der Waals surface area contributed by atoms with Crippen LogP contribution in [0.25, 0.3) is 0 Å². The van der Waals surface area contributed by atoms with Crippen LogP contribution >= 0.6 is 0 Å². The van der Waals surface area contributed by atoms with Crippen molar-refractivity contribution < 1.29 is 14.3 Å². The van der Waals surface area contributed by atoms with E-state index in [0.29, 0.717) is 18.0 Å². The molecule has 0 saturated carbocycles. The summed E-state index contributed by atoms with van der Waals surface area (Å²) >= 11 is 0. The molecule has 0 saturated heterocycles. The number of ether oxygens (including phenoxy) is 1. The van der Waals surface area contributed by atoms with Gasteiger partial charge in [0.1, 0.15) is 12.4 Å². The highest BCUT2D eigenvalue weighted by molar-refractivity contribution is 6.39. The van der Waals surface area contributed by atoms with Crippen LogP contribution in [0.2, 0.25) is 0 Å². The number of carbonyl (C=O) groups excluding carboxylic acids is 2. The number of nitrogens with one attached hydrogen (secondary N) is 2. The topological polar surface area (TPSA) is 79.8 Å². The van der Waals surface area contributed by atoms with Crippen LogP contribution in [0.5, 0.6) is 5.75 Å². The van der Waals surface area contributed by atoms with E-state index < -0.39 is 11.8 Å². The molecular weight excluding hydrogens is 318 g/mol. The molecule has 0 spiro atoms. The van der Waals surface area contributed by atoms with E-state index in [-0.39, 0.29) is 0 Å².